The first-order valence-electron chi connectivity index (χ1n) is 6.23. The lowest BCUT2D eigenvalue weighted by Crippen LogP contribution is -2.39. The standard InChI is InChI=1S/C13H23N3O2/c1-6-9-7-10(16(5)15-9)8-11(14)12(17)18-13(2,3)4/h7,11H,6,8,14H2,1-5H3. The molecule has 1 aromatic heterocycles. The van der Waals surface area contributed by atoms with Gasteiger partial charge in [0.2, 0.25) is 0 Å². The molecule has 0 bridgehead atoms. The van der Waals surface area contributed by atoms with Gasteiger partial charge in [-0.25, -0.2) is 0 Å². The molecule has 0 spiro atoms. The lowest BCUT2D eigenvalue weighted by molar-refractivity contribution is -0.156. The molecule has 0 aliphatic carbocycles. The van der Waals surface area contributed by atoms with Gasteiger partial charge in [0.1, 0.15) is 11.6 Å². The van der Waals surface area contributed by atoms with Crippen LogP contribution in [0.2, 0.25) is 0 Å². The van der Waals surface area contributed by atoms with Crippen LogP contribution in [-0.4, -0.2) is 27.4 Å². The maximum absolute atomic E-state index is 11.8. The Morgan fingerprint density at radius 2 is 2.17 bits per heavy atom. The predicted octanol–water partition coefficient (Wildman–Crippen LogP) is 1.19. The maximum atomic E-state index is 11.8. The molecule has 0 aromatic carbocycles. The second kappa shape index (κ2) is 5.52. The summed E-state index contributed by atoms with van der Waals surface area (Å²) >= 11 is 0. The van der Waals surface area contributed by atoms with Gasteiger partial charge in [-0.2, -0.15) is 5.10 Å². The van der Waals surface area contributed by atoms with Crippen LogP contribution in [0.1, 0.15) is 39.1 Å². The minimum atomic E-state index is -0.649. The van der Waals surface area contributed by atoms with Crippen molar-refractivity contribution in [1.29, 1.82) is 0 Å². The molecule has 1 rings (SSSR count). The number of aromatic nitrogens is 2. The van der Waals surface area contributed by atoms with Gasteiger partial charge < -0.3 is 10.5 Å². The van der Waals surface area contributed by atoms with E-state index in [-0.39, 0.29) is 5.97 Å². The van der Waals surface area contributed by atoms with Gasteiger partial charge in [0, 0.05) is 19.2 Å². The third kappa shape index (κ3) is 4.14. The van der Waals surface area contributed by atoms with Crippen molar-refractivity contribution < 1.29 is 9.53 Å². The summed E-state index contributed by atoms with van der Waals surface area (Å²) in [5.74, 6) is -0.373. The first-order chi connectivity index (χ1) is 8.23. The molecule has 0 aliphatic rings. The number of hydrogen-bond donors (Lipinski definition) is 1. The monoisotopic (exact) mass is 253 g/mol. The average molecular weight is 253 g/mol. The quantitative estimate of drug-likeness (QED) is 0.818. The Labute approximate surface area is 108 Å². The highest BCUT2D eigenvalue weighted by atomic mass is 16.6. The van der Waals surface area contributed by atoms with E-state index < -0.39 is 11.6 Å². The van der Waals surface area contributed by atoms with E-state index in [1.807, 2.05) is 40.8 Å². The Hall–Kier alpha value is -1.36. The summed E-state index contributed by atoms with van der Waals surface area (Å²) in [5.41, 5.74) is 7.31. The molecule has 102 valence electrons. The fourth-order valence-corrected chi connectivity index (χ4v) is 1.62. The highest BCUT2D eigenvalue weighted by Gasteiger charge is 2.23. The smallest absolute Gasteiger partial charge is 0.323 e. The minimum absolute atomic E-state index is 0.373. The Kier molecular flexibility index (Phi) is 4.51. The number of hydrogen-bond acceptors (Lipinski definition) is 4. The number of carbonyl (C=O) groups excluding carboxylic acids is 1. The van der Waals surface area contributed by atoms with Crippen LogP contribution in [0.4, 0.5) is 0 Å². The summed E-state index contributed by atoms with van der Waals surface area (Å²) in [4.78, 5) is 11.8. The van der Waals surface area contributed by atoms with Crippen molar-refractivity contribution in [3.63, 3.8) is 0 Å². The Morgan fingerprint density at radius 3 is 2.61 bits per heavy atom. The largest absolute Gasteiger partial charge is 0.459 e. The number of carbonyl (C=O) groups is 1. The molecule has 5 nitrogen and oxygen atoms in total. The molecule has 0 fully saturated rings. The van der Waals surface area contributed by atoms with Crippen LogP contribution < -0.4 is 5.73 Å². The summed E-state index contributed by atoms with van der Waals surface area (Å²) in [6.45, 7) is 7.53. The highest BCUT2D eigenvalue weighted by Crippen LogP contribution is 2.11. The fourth-order valence-electron chi connectivity index (χ4n) is 1.62. The molecule has 1 aromatic rings. The number of aryl methyl sites for hydroxylation is 2. The number of nitrogens with two attached hydrogens (primary N) is 1. The van der Waals surface area contributed by atoms with Crippen LogP contribution in [0.3, 0.4) is 0 Å². The van der Waals surface area contributed by atoms with Crippen LogP contribution in [0.5, 0.6) is 0 Å². The van der Waals surface area contributed by atoms with Crippen molar-refractivity contribution in [3.8, 4) is 0 Å². The van der Waals surface area contributed by atoms with Crippen LogP contribution in [0, 0.1) is 0 Å². The zero-order chi connectivity index (χ0) is 13.9. The van der Waals surface area contributed by atoms with Gasteiger partial charge in [-0.15, -0.1) is 0 Å². The van der Waals surface area contributed by atoms with Crippen molar-refractivity contribution >= 4 is 5.97 Å². The molecule has 0 amide bonds. The van der Waals surface area contributed by atoms with E-state index in [2.05, 4.69) is 5.10 Å². The molecule has 18 heavy (non-hydrogen) atoms. The van der Waals surface area contributed by atoms with Gasteiger partial charge in [0.05, 0.1) is 5.69 Å². The lowest BCUT2D eigenvalue weighted by Gasteiger charge is -2.22. The number of esters is 1. The minimum Gasteiger partial charge on any atom is -0.459 e. The van der Waals surface area contributed by atoms with E-state index in [0.29, 0.717) is 6.42 Å². The summed E-state index contributed by atoms with van der Waals surface area (Å²) in [6, 6.07) is 1.33. The second-order valence-electron chi connectivity index (χ2n) is 5.45. The van der Waals surface area contributed by atoms with Crippen LogP contribution in [0.25, 0.3) is 0 Å². The lowest BCUT2D eigenvalue weighted by atomic mass is 10.1. The first kappa shape index (κ1) is 14.7. The second-order valence-corrected chi connectivity index (χ2v) is 5.45. The number of rotatable bonds is 4. The molecule has 1 atom stereocenters. The van der Waals surface area contributed by atoms with Crippen LogP contribution in [0.15, 0.2) is 6.07 Å². The Bertz CT molecular complexity index is 418. The van der Waals surface area contributed by atoms with E-state index in [4.69, 9.17) is 10.5 Å². The van der Waals surface area contributed by atoms with Crippen molar-refractivity contribution in [2.24, 2.45) is 12.8 Å². The van der Waals surface area contributed by atoms with E-state index in [1.165, 1.54) is 0 Å². The highest BCUT2D eigenvalue weighted by molar-refractivity contribution is 5.76. The van der Waals surface area contributed by atoms with E-state index >= 15 is 0 Å². The normalized spacial score (nSPS) is 13.4. The first-order valence-corrected chi connectivity index (χ1v) is 6.23. The summed E-state index contributed by atoms with van der Waals surface area (Å²) in [6.07, 6.45) is 1.31. The van der Waals surface area contributed by atoms with Crippen LogP contribution >= 0.6 is 0 Å². The van der Waals surface area contributed by atoms with E-state index in [1.54, 1.807) is 4.68 Å². The van der Waals surface area contributed by atoms with Gasteiger partial charge >= 0.3 is 5.97 Å². The molecule has 0 saturated carbocycles. The maximum Gasteiger partial charge on any atom is 0.323 e. The molecule has 0 aliphatic heterocycles. The zero-order valence-electron chi connectivity index (χ0n) is 11.9. The Morgan fingerprint density at radius 1 is 1.56 bits per heavy atom. The predicted molar refractivity (Wildman–Crippen MR) is 70.1 cm³/mol. The van der Waals surface area contributed by atoms with Gasteiger partial charge in [0.25, 0.3) is 0 Å². The molecule has 2 N–H and O–H groups in total. The third-order valence-corrected chi connectivity index (χ3v) is 2.53. The zero-order valence-corrected chi connectivity index (χ0v) is 11.9. The summed E-state index contributed by atoms with van der Waals surface area (Å²) < 4.78 is 7.02. The number of ether oxygens (including phenoxy) is 1. The van der Waals surface area contributed by atoms with E-state index in [9.17, 15) is 4.79 Å². The third-order valence-electron chi connectivity index (χ3n) is 2.53. The van der Waals surface area contributed by atoms with Gasteiger partial charge in [-0.05, 0) is 33.3 Å². The summed E-state index contributed by atoms with van der Waals surface area (Å²) in [7, 11) is 1.86. The molecular weight excluding hydrogens is 230 g/mol. The van der Waals surface area contributed by atoms with Crippen molar-refractivity contribution in [2.45, 2.75) is 52.2 Å². The van der Waals surface area contributed by atoms with Gasteiger partial charge in [-0.1, -0.05) is 6.92 Å². The molecular formula is C13H23N3O2. The summed E-state index contributed by atoms with van der Waals surface area (Å²) in [5, 5.41) is 4.33. The Balaban J connectivity index is 2.66. The molecule has 0 saturated heterocycles. The van der Waals surface area contributed by atoms with E-state index in [0.717, 1.165) is 17.8 Å². The van der Waals surface area contributed by atoms with Gasteiger partial charge in [-0.3, -0.25) is 9.48 Å². The fraction of sp³-hybridized carbons (Fsp3) is 0.692. The van der Waals surface area contributed by atoms with Crippen LogP contribution in [-0.2, 0) is 29.4 Å². The molecule has 0 radical (unpaired) electrons. The van der Waals surface area contributed by atoms with Crippen molar-refractivity contribution in [3.05, 3.63) is 17.5 Å². The molecule has 1 heterocycles. The molecule has 1 unspecified atom stereocenters. The average Bonchev–Trinajstić information content (AvgIpc) is 2.57. The molecule has 5 heteroatoms. The topological polar surface area (TPSA) is 70.1 Å². The van der Waals surface area contributed by atoms with Crippen molar-refractivity contribution in [1.82, 2.24) is 9.78 Å². The SMILES string of the molecule is CCc1cc(CC(N)C(=O)OC(C)(C)C)n(C)n1. The van der Waals surface area contributed by atoms with Crippen molar-refractivity contribution in [2.75, 3.05) is 0 Å². The van der Waals surface area contributed by atoms with Gasteiger partial charge in [0.15, 0.2) is 0 Å². The number of nitrogens with zero attached hydrogens (tertiary/aromatic N) is 2.